The van der Waals surface area contributed by atoms with Crippen LogP contribution < -0.4 is 19.5 Å². The van der Waals surface area contributed by atoms with Crippen LogP contribution >= 0.6 is 0 Å². The van der Waals surface area contributed by atoms with E-state index in [9.17, 15) is 13.2 Å². The highest BCUT2D eigenvalue weighted by molar-refractivity contribution is 7.92. The van der Waals surface area contributed by atoms with Gasteiger partial charge >= 0.3 is 0 Å². The number of ether oxygens (including phenoxy) is 2. The smallest absolute Gasteiger partial charge is 0.261 e. The second-order valence-electron chi connectivity index (χ2n) is 7.46. The monoisotopic (exact) mass is 436 g/mol. The number of carbonyl (C=O) groups excluding carboxylic acids is 1. The Hall–Kier alpha value is -3.52. The summed E-state index contributed by atoms with van der Waals surface area (Å²) < 4.78 is 39.2. The van der Waals surface area contributed by atoms with Crippen molar-refractivity contribution in [1.82, 2.24) is 0 Å². The fraction of sp³-hybridized carbons (Fsp3) is 0.174. The highest BCUT2D eigenvalue weighted by Gasteiger charge is 2.22. The standard InChI is InChI=1S/C23H20N2O5S/c26-23(24-17-9-11-21-22(13-17)30-14-29-21)19-6-1-2-7-20(19)25-31(27,28)18-10-8-15-4-3-5-16(15)12-18/h1-2,6-13,25H,3-5,14H2,(H,24,26). The number of fused-ring (bicyclic) bond motifs is 2. The summed E-state index contributed by atoms with van der Waals surface area (Å²) in [5, 5.41) is 2.78. The van der Waals surface area contributed by atoms with Crippen molar-refractivity contribution in [3.8, 4) is 11.5 Å². The molecule has 5 rings (SSSR count). The van der Waals surface area contributed by atoms with Crippen LogP contribution in [0, 0.1) is 0 Å². The van der Waals surface area contributed by atoms with Gasteiger partial charge in [-0.3, -0.25) is 9.52 Å². The molecule has 31 heavy (non-hydrogen) atoms. The van der Waals surface area contributed by atoms with Crippen molar-refractivity contribution < 1.29 is 22.7 Å². The summed E-state index contributed by atoms with van der Waals surface area (Å²) >= 11 is 0. The molecule has 0 aromatic heterocycles. The molecule has 7 nitrogen and oxygen atoms in total. The molecule has 0 saturated heterocycles. The molecule has 0 fully saturated rings. The summed E-state index contributed by atoms with van der Waals surface area (Å²) in [6.45, 7) is 0.139. The van der Waals surface area contributed by atoms with Gasteiger partial charge in [0.05, 0.1) is 16.1 Å². The van der Waals surface area contributed by atoms with Crippen LogP contribution in [0.2, 0.25) is 0 Å². The van der Waals surface area contributed by atoms with E-state index in [2.05, 4.69) is 10.0 Å². The Morgan fingerprint density at radius 1 is 0.871 bits per heavy atom. The molecule has 0 spiro atoms. The van der Waals surface area contributed by atoms with Crippen LogP contribution in [0.25, 0.3) is 0 Å². The van der Waals surface area contributed by atoms with E-state index in [1.807, 2.05) is 6.07 Å². The molecule has 3 aromatic rings. The van der Waals surface area contributed by atoms with Gasteiger partial charge in [-0.2, -0.15) is 0 Å². The van der Waals surface area contributed by atoms with Crippen molar-refractivity contribution in [2.24, 2.45) is 0 Å². The molecule has 0 radical (unpaired) electrons. The van der Waals surface area contributed by atoms with Crippen molar-refractivity contribution >= 4 is 27.3 Å². The van der Waals surface area contributed by atoms with Gasteiger partial charge in [-0.1, -0.05) is 18.2 Å². The van der Waals surface area contributed by atoms with Gasteiger partial charge in [0.1, 0.15) is 0 Å². The van der Waals surface area contributed by atoms with Crippen LogP contribution in [-0.4, -0.2) is 21.1 Å². The molecule has 1 heterocycles. The molecule has 1 aliphatic heterocycles. The van der Waals surface area contributed by atoms with Gasteiger partial charge in [0.2, 0.25) is 6.79 Å². The SMILES string of the molecule is O=C(Nc1ccc2c(c1)OCO2)c1ccccc1NS(=O)(=O)c1ccc2c(c1)CCC2. The number of hydrogen-bond donors (Lipinski definition) is 2. The predicted octanol–water partition coefficient (Wildman–Crippen LogP) is 3.96. The molecule has 0 atom stereocenters. The number of para-hydroxylation sites is 1. The lowest BCUT2D eigenvalue weighted by molar-refractivity contribution is 0.102. The van der Waals surface area contributed by atoms with Gasteiger partial charge in [0.15, 0.2) is 11.5 Å². The first-order valence-electron chi connectivity index (χ1n) is 9.94. The fourth-order valence-corrected chi connectivity index (χ4v) is 4.99. The minimum Gasteiger partial charge on any atom is -0.454 e. The number of benzene rings is 3. The first kappa shape index (κ1) is 19.4. The second-order valence-corrected chi connectivity index (χ2v) is 9.14. The van der Waals surface area contributed by atoms with E-state index in [1.54, 1.807) is 54.6 Å². The van der Waals surface area contributed by atoms with E-state index in [0.29, 0.717) is 17.2 Å². The first-order chi connectivity index (χ1) is 15.0. The maximum Gasteiger partial charge on any atom is 0.261 e. The predicted molar refractivity (Wildman–Crippen MR) is 116 cm³/mol. The van der Waals surface area contributed by atoms with Crippen molar-refractivity contribution in [3.63, 3.8) is 0 Å². The molecule has 0 saturated carbocycles. The third kappa shape index (κ3) is 3.82. The topological polar surface area (TPSA) is 93.7 Å². The van der Waals surface area contributed by atoms with Gasteiger partial charge in [-0.25, -0.2) is 8.42 Å². The number of nitrogens with one attached hydrogen (secondary N) is 2. The van der Waals surface area contributed by atoms with Crippen molar-refractivity contribution in [2.45, 2.75) is 24.2 Å². The first-order valence-corrected chi connectivity index (χ1v) is 11.4. The summed E-state index contributed by atoms with van der Waals surface area (Å²) in [6.07, 6.45) is 2.90. The molecule has 8 heteroatoms. The lowest BCUT2D eigenvalue weighted by atomic mass is 10.1. The number of amides is 1. The summed E-state index contributed by atoms with van der Waals surface area (Å²) in [6, 6.07) is 16.8. The normalized spacial score (nSPS) is 14.2. The zero-order chi connectivity index (χ0) is 21.4. The Balaban J connectivity index is 1.39. The van der Waals surface area contributed by atoms with E-state index >= 15 is 0 Å². The van der Waals surface area contributed by atoms with Crippen LogP contribution in [0.15, 0.2) is 65.6 Å². The highest BCUT2D eigenvalue weighted by atomic mass is 32.2. The summed E-state index contributed by atoms with van der Waals surface area (Å²) in [4.78, 5) is 13.1. The molecule has 1 aliphatic carbocycles. The van der Waals surface area contributed by atoms with Gasteiger partial charge in [0.25, 0.3) is 15.9 Å². The zero-order valence-corrected chi connectivity index (χ0v) is 17.4. The Morgan fingerprint density at radius 2 is 1.68 bits per heavy atom. The van der Waals surface area contributed by atoms with Crippen molar-refractivity contribution in [3.05, 3.63) is 77.4 Å². The van der Waals surface area contributed by atoms with Crippen LogP contribution in [0.5, 0.6) is 11.5 Å². The molecule has 158 valence electrons. The van der Waals surface area contributed by atoms with E-state index in [0.717, 1.165) is 24.8 Å². The van der Waals surface area contributed by atoms with E-state index in [-0.39, 0.29) is 22.9 Å². The highest BCUT2D eigenvalue weighted by Crippen LogP contribution is 2.34. The maximum atomic E-state index is 13.0. The quantitative estimate of drug-likeness (QED) is 0.632. The van der Waals surface area contributed by atoms with Crippen LogP contribution in [0.3, 0.4) is 0 Å². The van der Waals surface area contributed by atoms with Gasteiger partial charge < -0.3 is 14.8 Å². The fourth-order valence-electron chi connectivity index (χ4n) is 3.86. The van der Waals surface area contributed by atoms with Crippen LogP contribution in [-0.2, 0) is 22.9 Å². The number of aryl methyl sites for hydroxylation is 2. The number of hydrogen-bond acceptors (Lipinski definition) is 5. The average Bonchev–Trinajstić information content (AvgIpc) is 3.42. The van der Waals surface area contributed by atoms with Crippen molar-refractivity contribution in [2.75, 3.05) is 16.8 Å². The Bertz CT molecular complexity index is 1290. The van der Waals surface area contributed by atoms with Gasteiger partial charge in [0, 0.05) is 11.8 Å². The number of carbonyl (C=O) groups is 1. The maximum absolute atomic E-state index is 13.0. The van der Waals surface area contributed by atoms with Crippen LogP contribution in [0.4, 0.5) is 11.4 Å². The summed E-state index contributed by atoms with van der Waals surface area (Å²) in [5.41, 5.74) is 3.20. The second kappa shape index (κ2) is 7.63. The molecule has 2 N–H and O–H groups in total. The molecular weight excluding hydrogens is 416 g/mol. The summed E-state index contributed by atoms with van der Waals surface area (Å²) in [5.74, 6) is 0.718. The van der Waals surface area contributed by atoms with Crippen molar-refractivity contribution in [1.29, 1.82) is 0 Å². The minimum absolute atomic E-state index is 0.139. The molecule has 0 bridgehead atoms. The van der Waals surface area contributed by atoms with E-state index in [1.165, 1.54) is 5.56 Å². The largest absolute Gasteiger partial charge is 0.454 e. The third-order valence-electron chi connectivity index (χ3n) is 5.43. The molecular formula is C23H20N2O5S. The minimum atomic E-state index is -3.84. The molecule has 1 amide bonds. The lowest BCUT2D eigenvalue weighted by Gasteiger charge is -2.14. The van der Waals surface area contributed by atoms with Gasteiger partial charge in [-0.05, 0) is 66.8 Å². The van der Waals surface area contributed by atoms with E-state index in [4.69, 9.17) is 9.47 Å². The summed E-state index contributed by atoms with van der Waals surface area (Å²) in [7, 11) is -3.84. The van der Waals surface area contributed by atoms with Crippen LogP contribution in [0.1, 0.15) is 27.9 Å². The third-order valence-corrected chi connectivity index (χ3v) is 6.79. The molecule has 0 unspecified atom stereocenters. The number of rotatable bonds is 5. The Kier molecular flexibility index (Phi) is 4.78. The number of sulfonamides is 1. The zero-order valence-electron chi connectivity index (χ0n) is 16.6. The van der Waals surface area contributed by atoms with Gasteiger partial charge in [-0.15, -0.1) is 0 Å². The van der Waals surface area contributed by atoms with E-state index < -0.39 is 15.9 Å². The average molecular weight is 436 g/mol. The molecule has 2 aliphatic rings. The Labute approximate surface area is 180 Å². The lowest BCUT2D eigenvalue weighted by Crippen LogP contribution is -2.18. The molecule has 3 aromatic carbocycles. The number of anilines is 2. The Morgan fingerprint density at radius 3 is 2.58 bits per heavy atom.